The molecular weight excluding hydrogens is 986 g/mol. The molecule has 8 aromatic carbocycles. The van der Waals surface area contributed by atoms with Gasteiger partial charge in [-0.1, -0.05) is 161 Å². The van der Waals surface area contributed by atoms with Crippen molar-refractivity contribution in [3.8, 4) is 34.1 Å². The van der Waals surface area contributed by atoms with Crippen LogP contribution in [0.25, 0.3) is 22.3 Å². The van der Waals surface area contributed by atoms with Crippen LogP contribution < -0.4 is 21.2 Å². The molecule has 0 aromatic heterocycles. The average Bonchev–Trinajstić information content (AvgIpc) is 3.69. The van der Waals surface area contributed by atoms with Gasteiger partial charge in [0, 0.05) is 10.8 Å². The van der Waals surface area contributed by atoms with Crippen LogP contribution in [0.1, 0.15) is 61.1 Å². The van der Waals surface area contributed by atoms with Gasteiger partial charge in [0.15, 0.2) is 5.90 Å². The molecule has 0 amide bonds. The molecule has 0 atom stereocenters. The van der Waals surface area contributed by atoms with E-state index in [-0.39, 0.29) is 55.6 Å². The third-order valence-corrected chi connectivity index (χ3v) is 19.2. The van der Waals surface area contributed by atoms with Gasteiger partial charge in [-0.15, -0.1) is 35.4 Å². The van der Waals surface area contributed by atoms with E-state index in [4.69, 9.17) is 12.8 Å². The Bertz CT molecular complexity index is 2580. The fourth-order valence-corrected chi connectivity index (χ4v) is 16.8. The topological polar surface area (TPSA) is 0 Å². The summed E-state index contributed by atoms with van der Waals surface area (Å²) >= 11 is 0. The third-order valence-electron chi connectivity index (χ3n) is 12.3. The summed E-state index contributed by atoms with van der Waals surface area (Å²) in [5, 5.41) is 6.01. The molecule has 0 N–H and O–H groups in total. The Balaban J connectivity index is 0.000000161. The first-order chi connectivity index (χ1) is 29.7. The second-order valence-corrected chi connectivity index (χ2v) is 22.3. The summed E-state index contributed by atoms with van der Waals surface area (Å²) in [6.45, 7) is 8.97. The van der Waals surface area contributed by atoms with E-state index in [9.17, 15) is 0 Å². The van der Waals surface area contributed by atoms with Gasteiger partial charge < -0.3 is 12.8 Å². The molecule has 0 aliphatic heterocycles. The van der Waals surface area contributed by atoms with E-state index in [2.05, 4.69) is 234 Å². The zero-order valence-electron chi connectivity index (χ0n) is 35.9. The zero-order valence-corrected chi connectivity index (χ0v) is 40.9. The van der Waals surface area contributed by atoms with Gasteiger partial charge in [0.25, 0.3) is 0 Å². The Hall–Kier alpha value is -4.78. The van der Waals surface area contributed by atoms with Crippen molar-refractivity contribution in [2.75, 3.05) is 5.90 Å². The Labute approximate surface area is 409 Å². The maximum Gasteiger partial charge on any atom is 1.00 e. The van der Waals surface area contributed by atoms with Crippen molar-refractivity contribution in [2.45, 2.75) is 38.5 Å². The molecule has 8 aromatic rings. The van der Waals surface area contributed by atoms with Crippen LogP contribution in [0.3, 0.4) is 0 Å². The fraction of sp³-hybridized carbons (Fsp3) is 0.119. The van der Waals surface area contributed by atoms with Crippen LogP contribution in [-0.4, -0.2) is 5.90 Å². The monoisotopic (exact) mass is 1030 g/mol. The van der Waals surface area contributed by atoms with Crippen LogP contribution in [0, 0.1) is 24.7 Å². The average molecular weight is 1040 g/mol. The second-order valence-electron chi connectivity index (χ2n) is 16.7. The van der Waals surface area contributed by atoms with Crippen molar-refractivity contribution in [1.82, 2.24) is 0 Å². The summed E-state index contributed by atoms with van der Waals surface area (Å²) in [5.41, 5.74) is 12.3. The van der Waals surface area contributed by atoms with E-state index in [1.807, 2.05) is 12.1 Å². The van der Waals surface area contributed by atoms with Crippen LogP contribution in [0.15, 0.2) is 206 Å². The molecule has 316 valence electrons. The first-order valence-corrected chi connectivity index (χ1v) is 24.4. The Morgan fingerprint density at radius 2 is 0.619 bits per heavy atom. The van der Waals surface area contributed by atoms with Crippen LogP contribution in [0.4, 0.5) is 0 Å². The Morgan fingerprint density at radius 3 is 0.921 bits per heavy atom. The molecule has 0 unspecified atom stereocenters. The predicted octanol–water partition coefficient (Wildman–Crippen LogP) is 12.5. The van der Waals surface area contributed by atoms with Gasteiger partial charge in [0.2, 0.25) is 0 Å². The molecule has 2 aliphatic carbocycles. The fourth-order valence-electron chi connectivity index (χ4n) is 9.04. The van der Waals surface area contributed by atoms with E-state index in [1.54, 1.807) is 0 Å². The van der Waals surface area contributed by atoms with E-state index in [0.29, 0.717) is 0 Å². The summed E-state index contributed by atoms with van der Waals surface area (Å²) in [4.78, 5) is 0. The quantitative estimate of drug-likeness (QED) is 0.0674. The second kappa shape index (κ2) is 21.3. The number of rotatable bonds is 6. The van der Waals surface area contributed by atoms with Crippen LogP contribution in [0.5, 0.6) is 0 Å². The Morgan fingerprint density at radius 1 is 0.349 bits per heavy atom. The summed E-state index contributed by atoms with van der Waals surface area (Å²) in [6, 6.07) is 73.9. The molecule has 63 heavy (non-hydrogen) atoms. The van der Waals surface area contributed by atoms with Crippen LogP contribution >= 0.6 is 15.8 Å². The van der Waals surface area contributed by atoms with Gasteiger partial charge >= 0.3 is 44.8 Å². The molecule has 0 nitrogen and oxygen atoms in total. The number of hydrogen-bond donors (Lipinski definition) is 0. The van der Waals surface area contributed by atoms with E-state index in [1.165, 1.54) is 71.6 Å². The molecular formula is C59H50Ag2P2+2. The summed E-state index contributed by atoms with van der Waals surface area (Å²) in [5.74, 6) is 6.19. The standard InChI is InChI=1S/C25H22P2.2C17H13.2Ag/c1-5-13-22(14-6-1)26(23-15-7-2-8-16-23)21-27(24-17-9-3-10-18-24)25-19-11-4-12-20-25;2*1-4-12-9-10-14-13-7-5-6-8-15(13)17(2,3)16(14)11-12;;/h1-20H,21H2;2*5-11H,2-3H3;;/q;2*-1;2*+1/p+2. The van der Waals surface area contributed by atoms with E-state index >= 15 is 0 Å². The SMILES string of the molecule is [Ag+].[Ag+].[C-]#Cc1ccc2c(c1)C(C)(C)c1ccccc1-2.[C-]#Cc1ccc2c(c1)C(C)(C)c1ccccc1-2.c1ccc([PH+](C[PH+](c2ccccc2)c2ccccc2)c2ccccc2)cc1. The van der Waals surface area contributed by atoms with Gasteiger partial charge in [-0.05, 0) is 93.0 Å². The van der Waals surface area contributed by atoms with Crippen molar-refractivity contribution in [1.29, 1.82) is 0 Å². The maximum absolute atomic E-state index is 7.25. The first-order valence-electron chi connectivity index (χ1n) is 21.0. The summed E-state index contributed by atoms with van der Waals surface area (Å²) < 4.78 is 0. The molecule has 0 saturated carbocycles. The molecule has 10 rings (SSSR count). The molecule has 0 radical (unpaired) electrons. The molecule has 0 spiro atoms. The van der Waals surface area contributed by atoms with Crippen molar-refractivity contribution >= 4 is 37.1 Å². The molecule has 0 bridgehead atoms. The smallest absolute Gasteiger partial charge is 0.366 e. The first kappa shape index (κ1) is 47.7. The largest absolute Gasteiger partial charge is 1.00 e. The van der Waals surface area contributed by atoms with Gasteiger partial charge in [0.1, 0.15) is 37.1 Å². The number of hydrogen-bond acceptors (Lipinski definition) is 0. The molecule has 0 saturated heterocycles. The predicted molar refractivity (Wildman–Crippen MR) is 266 cm³/mol. The van der Waals surface area contributed by atoms with Gasteiger partial charge in [0.05, 0.1) is 0 Å². The van der Waals surface area contributed by atoms with Crippen molar-refractivity contribution in [3.63, 3.8) is 0 Å². The number of benzene rings is 8. The summed E-state index contributed by atoms with van der Waals surface area (Å²) in [7, 11) is -1.69. The molecule has 4 heteroatoms. The maximum atomic E-state index is 7.25. The summed E-state index contributed by atoms with van der Waals surface area (Å²) in [6.07, 6.45) is 14.5. The van der Waals surface area contributed by atoms with Crippen molar-refractivity contribution in [2.24, 2.45) is 0 Å². The Kier molecular flexibility index (Phi) is 16.1. The van der Waals surface area contributed by atoms with Gasteiger partial charge in [-0.2, -0.15) is 0 Å². The van der Waals surface area contributed by atoms with Gasteiger partial charge in [-0.25, -0.2) is 0 Å². The third kappa shape index (κ3) is 10.1. The normalized spacial score (nSPS) is 12.8. The minimum atomic E-state index is -0.847. The van der Waals surface area contributed by atoms with E-state index < -0.39 is 15.8 Å². The minimum absolute atomic E-state index is 0. The van der Waals surface area contributed by atoms with Crippen molar-refractivity contribution < 1.29 is 44.8 Å². The van der Waals surface area contributed by atoms with Crippen LogP contribution in [-0.2, 0) is 55.6 Å². The molecule has 0 heterocycles. The van der Waals surface area contributed by atoms with Crippen LogP contribution in [0.2, 0.25) is 0 Å². The molecule has 2 aliphatic rings. The van der Waals surface area contributed by atoms with Crippen molar-refractivity contribution in [3.05, 3.63) is 252 Å². The number of fused-ring (bicyclic) bond motifs is 6. The zero-order chi connectivity index (χ0) is 42.4. The van der Waals surface area contributed by atoms with Gasteiger partial charge in [-0.3, -0.25) is 11.8 Å². The minimum Gasteiger partial charge on any atom is -0.366 e. The van der Waals surface area contributed by atoms with E-state index in [0.717, 1.165) is 11.1 Å². The molecule has 0 fully saturated rings.